The number of nitrogens with two attached hydrogens (primary N) is 1. The zero-order valence-electron chi connectivity index (χ0n) is 27.6. The van der Waals surface area contributed by atoms with Gasteiger partial charge in [-0.15, -0.1) is 0 Å². The Kier molecular flexibility index (Phi) is 10.9. The number of pyridine rings is 1. The minimum atomic E-state index is -2.96. The van der Waals surface area contributed by atoms with Crippen LogP contribution in [-0.2, 0) is 26.6 Å². The van der Waals surface area contributed by atoms with E-state index in [9.17, 15) is 13.3 Å². The van der Waals surface area contributed by atoms with Crippen molar-refractivity contribution < 1.29 is 26.6 Å². The van der Waals surface area contributed by atoms with Crippen molar-refractivity contribution in [3.63, 3.8) is 0 Å². The average molecular weight is 637 g/mol. The molecule has 1 aromatic rings. The number of alkyl halides is 2. The van der Waals surface area contributed by atoms with Gasteiger partial charge >= 0.3 is 0 Å². The molecule has 1 aromatic heterocycles. The van der Waals surface area contributed by atoms with Crippen LogP contribution in [0, 0.1) is 5.95 Å². The number of halogens is 3. The molecule has 2 atom stereocenters. The molecule has 0 radical (unpaired) electrons. The Morgan fingerprint density at radius 2 is 1.54 bits per heavy atom. The van der Waals surface area contributed by atoms with Crippen molar-refractivity contribution in [2.24, 2.45) is 5.14 Å². The maximum Gasteiger partial charge on any atom is 0.249 e. The molecule has 2 N–H and O–H groups in total. The number of hydrogen-bond acceptors (Lipinski definition) is 5. The molecule has 1 heterocycles. The summed E-state index contributed by atoms with van der Waals surface area (Å²) in [5.74, 6) is -4.15. The second-order valence-corrected chi connectivity index (χ2v) is 27.3. The highest BCUT2D eigenvalue weighted by Gasteiger charge is 2.55. The van der Waals surface area contributed by atoms with Crippen LogP contribution >= 0.6 is 0 Å². The van der Waals surface area contributed by atoms with Gasteiger partial charge in [0.1, 0.15) is 4.75 Å². The zero-order chi connectivity index (χ0) is 32.0. The van der Waals surface area contributed by atoms with Crippen LogP contribution in [0.5, 0.6) is 0 Å². The fourth-order valence-corrected chi connectivity index (χ4v) is 8.46. The number of hydrogen-bond donors (Lipinski definition) is 1. The van der Waals surface area contributed by atoms with Crippen molar-refractivity contribution in [3.05, 3.63) is 29.3 Å². The number of nitrogens with zero attached hydrogens (tertiary/aromatic N) is 1. The summed E-state index contributed by atoms with van der Waals surface area (Å²) < 4.78 is 68.8. The van der Waals surface area contributed by atoms with Crippen LogP contribution < -0.4 is 5.14 Å². The summed E-state index contributed by atoms with van der Waals surface area (Å²) >= 11 is -1.69. The summed E-state index contributed by atoms with van der Waals surface area (Å²) in [5, 5.41) is 5.87. The molecule has 1 aliphatic rings. The first-order chi connectivity index (χ1) is 18.1. The van der Waals surface area contributed by atoms with Gasteiger partial charge in [0.15, 0.2) is 16.6 Å². The first-order valence-corrected chi connectivity index (χ1v) is 21.7. The normalized spacial score (nSPS) is 22.8. The summed E-state index contributed by atoms with van der Waals surface area (Å²) in [7, 11) is -4.31. The van der Waals surface area contributed by atoms with Crippen LogP contribution in [-0.4, -0.2) is 48.5 Å². The number of aromatic nitrogens is 1. The van der Waals surface area contributed by atoms with Crippen LogP contribution in [0.15, 0.2) is 12.3 Å². The predicted octanol–water partition coefficient (Wildman–Crippen LogP) is 8.63. The van der Waals surface area contributed by atoms with Crippen molar-refractivity contribution >= 4 is 28.0 Å². The van der Waals surface area contributed by atoms with Crippen LogP contribution in [0.25, 0.3) is 0 Å². The van der Waals surface area contributed by atoms with Crippen molar-refractivity contribution in [2.75, 3.05) is 0 Å². The van der Waals surface area contributed by atoms with Crippen molar-refractivity contribution in [3.8, 4) is 0 Å². The van der Waals surface area contributed by atoms with Crippen molar-refractivity contribution in [1.82, 2.24) is 4.98 Å². The standard InChI is InChI=1S/C30H55F3N2O3SSi2/c1-26(2,3)40(10,11)37-23-18-30(19-23,38-41(12,13)27(4,5)6)17-22(16-28(7,8)39(34)36)24-14-21(15-29(9,32)33)20-35-25(24)31/h14,20,22-23H,15-19,34H2,1-13H3/t22-,23?,30?,39-/m1/s1. The van der Waals surface area contributed by atoms with E-state index in [1.165, 1.54) is 12.3 Å². The van der Waals surface area contributed by atoms with E-state index in [1.54, 1.807) is 13.8 Å². The molecular weight excluding hydrogens is 582 g/mol. The van der Waals surface area contributed by atoms with Gasteiger partial charge in [-0.3, -0.25) is 0 Å². The largest absolute Gasteiger partial charge is 0.598 e. The van der Waals surface area contributed by atoms with E-state index in [-0.39, 0.29) is 33.7 Å². The SMILES string of the molecule is CC(F)(F)Cc1cnc(F)c([C@@H](CC2(O[Si](C)(C)C(C)(C)C)CC(O[Si](C)(C)C(C)(C)C)C2)CC(C)(C)[S@+](N)[O-])c1. The molecule has 0 saturated heterocycles. The first kappa shape index (κ1) is 36.8. The van der Waals surface area contributed by atoms with Crippen LogP contribution in [0.3, 0.4) is 0 Å². The Bertz CT molecular complexity index is 1040. The van der Waals surface area contributed by atoms with E-state index >= 15 is 4.39 Å². The molecule has 0 bridgehead atoms. The molecule has 1 fully saturated rings. The second-order valence-electron chi connectivity index (χ2n) is 16.1. The molecule has 5 nitrogen and oxygen atoms in total. The van der Waals surface area contributed by atoms with Crippen LogP contribution in [0.1, 0.15) is 105 Å². The van der Waals surface area contributed by atoms with Gasteiger partial charge in [-0.05, 0) is 81.0 Å². The molecule has 1 saturated carbocycles. The molecule has 0 aromatic carbocycles. The Morgan fingerprint density at radius 3 is 1.98 bits per heavy atom. The molecule has 0 unspecified atom stereocenters. The van der Waals surface area contributed by atoms with Crippen LogP contribution in [0.2, 0.25) is 36.3 Å². The molecule has 0 amide bonds. The van der Waals surface area contributed by atoms with Crippen molar-refractivity contribution in [1.29, 1.82) is 0 Å². The highest BCUT2D eigenvalue weighted by atomic mass is 32.2. The summed E-state index contributed by atoms with van der Waals surface area (Å²) in [6.07, 6.45) is 2.70. The fraction of sp³-hybridized carbons (Fsp3) is 0.833. The molecule has 0 spiro atoms. The maximum absolute atomic E-state index is 15.4. The van der Waals surface area contributed by atoms with Gasteiger partial charge in [-0.2, -0.15) is 9.53 Å². The predicted molar refractivity (Wildman–Crippen MR) is 169 cm³/mol. The molecule has 0 aliphatic heterocycles. The van der Waals surface area contributed by atoms with E-state index < -0.39 is 62.6 Å². The molecular formula is C30H55F3N2O3SSi2. The smallest absolute Gasteiger partial charge is 0.249 e. The van der Waals surface area contributed by atoms with E-state index in [0.717, 1.165) is 6.92 Å². The lowest BCUT2D eigenvalue weighted by molar-refractivity contribution is -0.105. The molecule has 41 heavy (non-hydrogen) atoms. The molecule has 238 valence electrons. The maximum atomic E-state index is 15.4. The van der Waals surface area contributed by atoms with Gasteiger partial charge in [0.25, 0.3) is 0 Å². The van der Waals surface area contributed by atoms with E-state index in [0.29, 0.717) is 19.3 Å². The summed E-state index contributed by atoms with van der Waals surface area (Å²) in [5.41, 5.74) is -0.0840. The highest BCUT2D eigenvalue weighted by Crippen LogP contribution is 2.53. The lowest BCUT2D eigenvalue weighted by Crippen LogP contribution is -2.60. The second kappa shape index (κ2) is 12.2. The average Bonchev–Trinajstić information content (AvgIpc) is 2.70. The highest BCUT2D eigenvalue weighted by molar-refractivity contribution is 7.90. The number of rotatable bonds is 12. The van der Waals surface area contributed by atoms with Gasteiger partial charge in [-0.1, -0.05) is 41.5 Å². The molecule has 2 rings (SSSR count). The third kappa shape index (κ3) is 9.52. The Hall–Kier alpha value is -0.436. The summed E-state index contributed by atoms with van der Waals surface area (Å²) in [4.78, 5) is 3.88. The lowest BCUT2D eigenvalue weighted by Gasteiger charge is -2.56. The minimum Gasteiger partial charge on any atom is -0.598 e. The van der Waals surface area contributed by atoms with Gasteiger partial charge in [0, 0.05) is 48.8 Å². The lowest BCUT2D eigenvalue weighted by atomic mass is 9.69. The van der Waals surface area contributed by atoms with E-state index in [4.69, 9.17) is 14.0 Å². The van der Waals surface area contributed by atoms with Crippen molar-refractivity contribution in [2.45, 2.75) is 159 Å². The quantitative estimate of drug-likeness (QED) is 0.141. The van der Waals surface area contributed by atoms with Gasteiger partial charge in [0.2, 0.25) is 11.9 Å². The Morgan fingerprint density at radius 1 is 1.02 bits per heavy atom. The minimum absolute atomic E-state index is 0.0195. The van der Waals surface area contributed by atoms with Gasteiger partial charge in [0.05, 0.1) is 11.7 Å². The molecule has 11 heteroatoms. The topological polar surface area (TPSA) is 80.4 Å². The van der Waals surface area contributed by atoms with Gasteiger partial charge in [-0.25, -0.2) is 13.8 Å². The van der Waals surface area contributed by atoms with Crippen LogP contribution in [0.4, 0.5) is 13.2 Å². The summed E-state index contributed by atoms with van der Waals surface area (Å²) in [6, 6.07) is 1.50. The molecule has 1 aliphatic carbocycles. The van der Waals surface area contributed by atoms with Gasteiger partial charge < -0.3 is 13.4 Å². The zero-order valence-corrected chi connectivity index (χ0v) is 30.5. The summed E-state index contributed by atoms with van der Waals surface area (Å²) in [6.45, 7) is 26.5. The third-order valence-corrected chi connectivity index (χ3v) is 19.9. The Labute approximate surface area is 252 Å². The monoisotopic (exact) mass is 636 g/mol. The van der Waals surface area contributed by atoms with E-state index in [2.05, 4.69) is 72.7 Å². The third-order valence-electron chi connectivity index (χ3n) is 9.52. The van der Waals surface area contributed by atoms with E-state index in [1.807, 2.05) is 0 Å². The fourth-order valence-electron chi connectivity index (χ4n) is 5.10. The first-order valence-electron chi connectivity index (χ1n) is 14.7. The Balaban J connectivity index is 2.56.